The Bertz CT molecular complexity index is 760. The Morgan fingerprint density at radius 3 is 2.60 bits per heavy atom. The molecule has 0 aliphatic carbocycles. The molecular weight excluding hydrogens is 258 g/mol. The Hall–Kier alpha value is -1.67. The van der Waals surface area contributed by atoms with E-state index in [1.54, 1.807) is 5.19 Å². The first-order valence-electron chi connectivity index (χ1n) is 7.55. The first-order chi connectivity index (χ1) is 9.93. The van der Waals surface area contributed by atoms with Gasteiger partial charge in [0.05, 0.1) is 14.3 Å². The first-order valence-corrected chi connectivity index (χ1v) is 9.46. The highest BCUT2D eigenvalue weighted by Crippen LogP contribution is 2.26. The topological polar surface area (TPSA) is 12.9 Å². The van der Waals surface area contributed by atoms with Crippen LogP contribution in [0.25, 0.3) is 21.7 Å². The normalized spacial score (nSPS) is 16.8. The Kier molecular flexibility index (Phi) is 3.04. The summed E-state index contributed by atoms with van der Waals surface area (Å²) >= 11 is 0. The van der Waals surface area contributed by atoms with Gasteiger partial charge in [0.1, 0.15) is 0 Å². The molecule has 1 aromatic heterocycles. The van der Waals surface area contributed by atoms with E-state index in [0.717, 1.165) is 0 Å². The van der Waals surface area contributed by atoms with Gasteiger partial charge < -0.3 is 0 Å². The van der Waals surface area contributed by atoms with Crippen molar-refractivity contribution in [1.82, 2.24) is 4.98 Å². The molecule has 1 aliphatic heterocycles. The van der Waals surface area contributed by atoms with Crippen LogP contribution in [0.2, 0.25) is 12.1 Å². The van der Waals surface area contributed by atoms with Gasteiger partial charge in [-0.1, -0.05) is 72.9 Å². The molecule has 0 spiro atoms. The number of rotatable bonds is 1. The number of fused-ring (bicyclic) bond motifs is 3. The van der Waals surface area contributed by atoms with Crippen molar-refractivity contribution in [3.8, 4) is 0 Å². The Morgan fingerprint density at radius 1 is 0.850 bits per heavy atom. The highest BCUT2D eigenvalue weighted by molar-refractivity contribution is 6.76. The van der Waals surface area contributed by atoms with Crippen LogP contribution in [0.15, 0.2) is 48.7 Å². The van der Waals surface area contributed by atoms with E-state index in [1.165, 1.54) is 53.0 Å². The average Bonchev–Trinajstić information content (AvgIpc) is 2.55. The number of hydrogen-bond donors (Lipinski definition) is 0. The van der Waals surface area contributed by atoms with Gasteiger partial charge in [0.2, 0.25) is 0 Å². The fourth-order valence-electron chi connectivity index (χ4n) is 3.45. The second kappa shape index (κ2) is 5.02. The van der Waals surface area contributed by atoms with Crippen molar-refractivity contribution in [1.29, 1.82) is 0 Å². The fourth-order valence-corrected chi connectivity index (χ4v) is 6.54. The van der Waals surface area contributed by atoms with E-state index >= 15 is 0 Å². The smallest absolute Gasteiger partial charge is 0.0865 e. The van der Waals surface area contributed by atoms with Crippen LogP contribution in [0.1, 0.15) is 19.3 Å². The van der Waals surface area contributed by atoms with E-state index < -0.39 is 0 Å². The van der Waals surface area contributed by atoms with Crippen LogP contribution in [0.3, 0.4) is 0 Å². The summed E-state index contributed by atoms with van der Waals surface area (Å²) in [6.07, 6.45) is 6.28. The molecule has 1 fully saturated rings. The van der Waals surface area contributed by atoms with Crippen LogP contribution < -0.4 is 5.19 Å². The predicted octanol–water partition coefficient (Wildman–Crippen LogP) is 4.27. The van der Waals surface area contributed by atoms with E-state index in [9.17, 15) is 0 Å². The van der Waals surface area contributed by atoms with Gasteiger partial charge in [0.25, 0.3) is 0 Å². The number of pyridine rings is 1. The molecule has 99 valence electrons. The first kappa shape index (κ1) is 12.1. The summed E-state index contributed by atoms with van der Waals surface area (Å²) < 4.78 is 0. The lowest BCUT2D eigenvalue weighted by atomic mass is 10.1. The Labute approximate surface area is 121 Å². The van der Waals surface area contributed by atoms with Gasteiger partial charge in [-0.15, -0.1) is 0 Å². The van der Waals surface area contributed by atoms with Gasteiger partial charge in [0.15, 0.2) is 0 Å². The van der Waals surface area contributed by atoms with Crippen molar-refractivity contribution in [2.45, 2.75) is 31.4 Å². The van der Waals surface area contributed by atoms with Crippen LogP contribution in [0.5, 0.6) is 0 Å². The third-order valence-electron chi connectivity index (χ3n) is 4.45. The third kappa shape index (κ3) is 1.95. The van der Waals surface area contributed by atoms with E-state index in [-0.39, 0.29) is 8.80 Å². The van der Waals surface area contributed by atoms with Crippen LogP contribution in [-0.2, 0) is 0 Å². The molecule has 1 nitrogen and oxygen atoms in total. The van der Waals surface area contributed by atoms with Crippen LogP contribution in [0, 0.1) is 0 Å². The largest absolute Gasteiger partial charge is 0.256 e. The van der Waals surface area contributed by atoms with Crippen LogP contribution >= 0.6 is 0 Å². The molecule has 2 heterocycles. The minimum absolute atomic E-state index is 0.381. The molecule has 2 aromatic carbocycles. The molecule has 0 amide bonds. The van der Waals surface area contributed by atoms with Crippen molar-refractivity contribution in [2.24, 2.45) is 0 Å². The molecule has 0 bridgehead atoms. The summed E-state index contributed by atoms with van der Waals surface area (Å²) in [5, 5.41) is 5.71. The zero-order chi connectivity index (χ0) is 13.4. The molecule has 0 atom stereocenters. The van der Waals surface area contributed by atoms with Crippen molar-refractivity contribution in [3.05, 3.63) is 48.7 Å². The lowest BCUT2D eigenvalue weighted by Gasteiger charge is -2.22. The summed E-state index contributed by atoms with van der Waals surface area (Å²) in [7, 11) is -0.381. The maximum Gasteiger partial charge on any atom is 0.0865 e. The van der Waals surface area contributed by atoms with Crippen LogP contribution in [-0.4, -0.2) is 13.8 Å². The predicted molar refractivity (Wildman–Crippen MR) is 88.1 cm³/mol. The molecule has 1 saturated heterocycles. The second-order valence-corrected chi connectivity index (χ2v) is 8.46. The minimum atomic E-state index is -0.381. The summed E-state index contributed by atoms with van der Waals surface area (Å²) in [5.74, 6) is 0. The minimum Gasteiger partial charge on any atom is -0.256 e. The lowest BCUT2D eigenvalue weighted by Crippen LogP contribution is -2.32. The van der Waals surface area contributed by atoms with E-state index in [1.807, 2.05) is 6.20 Å². The summed E-state index contributed by atoms with van der Waals surface area (Å²) in [6, 6.07) is 18.3. The maximum atomic E-state index is 4.68. The molecule has 0 saturated carbocycles. The molecule has 1 radical (unpaired) electrons. The SMILES string of the molecule is c1ccc2c(c1)cnc1cccc([Si]3CCCCC3)c12. The molecular formula is C18H18NSi. The Balaban J connectivity index is 2.02. The fraction of sp³-hybridized carbons (Fsp3) is 0.278. The molecule has 4 rings (SSSR count). The van der Waals surface area contributed by atoms with Crippen molar-refractivity contribution in [3.63, 3.8) is 0 Å². The van der Waals surface area contributed by atoms with E-state index in [4.69, 9.17) is 0 Å². The summed E-state index contributed by atoms with van der Waals surface area (Å²) in [5.41, 5.74) is 1.17. The molecule has 1 aliphatic rings. The number of aromatic nitrogens is 1. The van der Waals surface area contributed by atoms with Gasteiger partial charge in [-0.05, 0) is 11.5 Å². The summed E-state index contributed by atoms with van der Waals surface area (Å²) in [6.45, 7) is 0. The molecule has 0 unspecified atom stereocenters. The van der Waals surface area contributed by atoms with Crippen molar-refractivity contribution >= 4 is 35.7 Å². The average molecular weight is 276 g/mol. The van der Waals surface area contributed by atoms with Gasteiger partial charge in [0, 0.05) is 17.0 Å². The monoisotopic (exact) mass is 276 g/mol. The highest BCUT2D eigenvalue weighted by Gasteiger charge is 2.20. The highest BCUT2D eigenvalue weighted by atomic mass is 28.3. The van der Waals surface area contributed by atoms with Gasteiger partial charge in [-0.2, -0.15) is 0 Å². The molecule has 0 N–H and O–H groups in total. The zero-order valence-corrected chi connectivity index (χ0v) is 12.6. The standard InChI is InChI=1S/C18H18NSi/c1-4-11-20(12-5-1)17-10-6-9-16-18(17)15-8-3-2-7-14(15)13-19-16/h2-3,6-10,13H,1,4-5,11-12H2. The van der Waals surface area contributed by atoms with Crippen molar-refractivity contribution in [2.75, 3.05) is 0 Å². The van der Waals surface area contributed by atoms with E-state index in [2.05, 4.69) is 47.4 Å². The van der Waals surface area contributed by atoms with Gasteiger partial charge >= 0.3 is 0 Å². The molecule has 3 aromatic rings. The van der Waals surface area contributed by atoms with Gasteiger partial charge in [-0.3, -0.25) is 4.98 Å². The Morgan fingerprint density at radius 2 is 1.70 bits per heavy atom. The number of benzene rings is 2. The lowest BCUT2D eigenvalue weighted by molar-refractivity contribution is 0.728. The third-order valence-corrected chi connectivity index (χ3v) is 7.55. The van der Waals surface area contributed by atoms with Crippen molar-refractivity contribution < 1.29 is 0 Å². The molecule has 20 heavy (non-hydrogen) atoms. The van der Waals surface area contributed by atoms with Crippen LogP contribution in [0.4, 0.5) is 0 Å². The quantitative estimate of drug-likeness (QED) is 0.478. The summed E-state index contributed by atoms with van der Waals surface area (Å²) in [4.78, 5) is 4.68. The van der Waals surface area contributed by atoms with Gasteiger partial charge in [-0.25, -0.2) is 0 Å². The van der Waals surface area contributed by atoms with E-state index in [0.29, 0.717) is 0 Å². The number of hydrogen-bond acceptors (Lipinski definition) is 1. The maximum absolute atomic E-state index is 4.68. The number of nitrogens with zero attached hydrogens (tertiary/aromatic N) is 1. The second-order valence-electron chi connectivity index (χ2n) is 5.71. The zero-order valence-electron chi connectivity index (χ0n) is 11.6. The molecule has 2 heteroatoms.